The highest BCUT2D eigenvalue weighted by Crippen LogP contribution is 2.34. The zero-order chi connectivity index (χ0) is 20.2. The molecule has 0 aromatic heterocycles. The molecule has 0 bridgehead atoms. The van der Waals surface area contributed by atoms with Gasteiger partial charge < -0.3 is 20.1 Å². The monoisotopic (exact) mass is 452 g/mol. The van der Waals surface area contributed by atoms with Crippen molar-refractivity contribution in [2.24, 2.45) is 0 Å². The Kier molecular flexibility index (Phi) is 5.48. The molecule has 0 saturated heterocycles. The summed E-state index contributed by atoms with van der Waals surface area (Å²) in [4.78, 5) is 24.6. The fourth-order valence-corrected chi connectivity index (χ4v) is 3.14. The first-order valence-corrected chi connectivity index (χ1v) is 9.71. The first-order chi connectivity index (χ1) is 14.1. The second kappa shape index (κ2) is 8.36. The number of nitrogens with one attached hydrogen (secondary N) is 2. The van der Waals surface area contributed by atoms with Crippen LogP contribution in [0.1, 0.15) is 15.9 Å². The van der Waals surface area contributed by atoms with Crippen molar-refractivity contribution in [1.29, 1.82) is 0 Å². The SMILES string of the molecule is O=C(Cc1ccc(NC(=O)c2ccc(Br)cc2)cc1)Nc1ccc2c(c1)OCO2. The number of amides is 2. The predicted molar refractivity (Wildman–Crippen MR) is 113 cm³/mol. The number of ether oxygens (including phenoxy) is 2. The van der Waals surface area contributed by atoms with Crippen molar-refractivity contribution in [1.82, 2.24) is 0 Å². The third-order valence-corrected chi connectivity index (χ3v) is 4.87. The zero-order valence-corrected chi connectivity index (χ0v) is 16.9. The Morgan fingerprint density at radius 2 is 1.52 bits per heavy atom. The van der Waals surface area contributed by atoms with E-state index in [4.69, 9.17) is 9.47 Å². The van der Waals surface area contributed by atoms with Gasteiger partial charge in [-0.15, -0.1) is 0 Å². The number of carbonyl (C=O) groups excluding carboxylic acids is 2. The molecule has 1 aliphatic heterocycles. The fourth-order valence-electron chi connectivity index (χ4n) is 2.88. The van der Waals surface area contributed by atoms with Gasteiger partial charge in [0.1, 0.15) is 0 Å². The molecular weight excluding hydrogens is 436 g/mol. The van der Waals surface area contributed by atoms with Gasteiger partial charge in [0.05, 0.1) is 6.42 Å². The van der Waals surface area contributed by atoms with E-state index < -0.39 is 0 Å². The number of fused-ring (bicyclic) bond motifs is 1. The Bertz CT molecular complexity index is 1050. The van der Waals surface area contributed by atoms with Gasteiger partial charge in [0, 0.05) is 27.5 Å². The number of benzene rings is 3. The molecule has 1 heterocycles. The van der Waals surface area contributed by atoms with Crippen LogP contribution in [-0.4, -0.2) is 18.6 Å². The third kappa shape index (κ3) is 4.75. The molecule has 0 unspecified atom stereocenters. The van der Waals surface area contributed by atoms with E-state index in [-0.39, 0.29) is 25.0 Å². The summed E-state index contributed by atoms with van der Waals surface area (Å²) < 4.78 is 11.5. The van der Waals surface area contributed by atoms with Gasteiger partial charge in [-0.2, -0.15) is 0 Å². The minimum Gasteiger partial charge on any atom is -0.454 e. The third-order valence-electron chi connectivity index (χ3n) is 4.34. The van der Waals surface area contributed by atoms with Gasteiger partial charge >= 0.3 is 0 Å². The van der Waals surface area contributed by atoms with Crippen LogP contribution in [0.4, 0.5) is 11.4 Å². The normalized spacial score (nSPS) is 11.8. The van der Waals surface area contributed by atoms with Crippen molar-refractivity contribution in [2.75, 3.05) is 17.4 Å². The molecule has 4 rings (SSSR count). The van der Waals surface area contributed by atoms with Gasteiger partial charge in [0.25, 0.3) is 5.91 Å². The lowest BCUT2D eigenvalue weighted by Gasteiger charge is -2.08. The molecule has 3 aromatic rings. The summed E-state index contributed by atoms with van der Waals surface area (Å²) in [5.41, 5.74) is 2.72. The van der Waals surface area contributed by atoms with Crippen LogP contribution in [0.2, 0.25) is 0 Å². The number of rotatable bonds is 5. The molecule has 0 radical (unpaired) electrons. The van der Waals surface area contributed by atoms with Crippen LogP contribution in [0, 0.1) is 0 Å². The van der Waals surface area contributed by atoms with E-state index in [9.17, 15) is 9.59 Å². The van der Waals surface area contributed by atoms with Crippen LogP contribution >= 0.6 is 15.9 Å². The smallest absolute Gasteiger partial charge is 0.255 e. The Balaban J connectivity index is 1.33. The maximum absolute atomic E-state index is 12.3. The fraction of sp³-hybridized carbons (Fsp3) is 0.0909. The quantitative estimate of drug-likeness (QED) is 0.592. The number of carbonyl (C=O) groups is 2. The standard InChI is InChI=1S/C22H17BrN2O4/c23-16-5-3-15(4-6-16)22(27)25-17-7-1-14(2-8-17)11-21(26)24-18-9-10-19-20(12-18)29-13-28-19/h1-10,12H,11,13H2,(H,24,26)(H,25,27). The average molecular weight is 453 g/mol. The molecule has 0 atom stereocenters. The highest BCUT2D eigenvalue weighted by molar-refractivity contribution is 9.10. The molecule has 0 saturated carbocycles. The highest BCUT2D eigenvalue weighted by atomic mass is 79.9. The van der Waals surface area contributed by atoms with E-state index in [0.717, 1.165) is 10.0 Å². The van der Waals surface area contributed by atoms with E-state index in [1.165, 1.54) is 0 Å². The van der Waals surface area contributed by atoms with Gasteiger partial charge in [-0.25, -0.2) is 0 Å². The number of halogens is 1. The summed E-state index contributed by atoms with van der Waals surface area (Å²) in [5.74, 6) is 0.957. The minimum absolute atomic E-state index is 0.143. The van der Waals surface area contributed by atoms with Gasteiger partial charge in [-0.1, -0.05) is 28.1 Å². The molecule has 7 heteroatoms. The van der Waals surface area contributed by atoms with E-state index in [0.29, 0.717) is 28.4 Å². The summed E-state index contributed by atoms with van der Waals surface area (Å²) >= 11 is 3.35. The second-order valence-corrected chi connectivity index (χ2v) is 7.37. The highest BCUT2D eigenvalue weighted by Gasteiger charge is 2.14. The first kappa shape index (κ1) is 19.0. The largest absolute Gasteiger partial charge is 0.454 e. The first-order valence-electron chi connectivity index (χ1n) is 8.92. The summed E-state index contributed by atoms with van der Waals surface area (Å²) in [7, 11) is 0. The van der Waals surface area contributed by atoms with Crippen molar-refractivity contribution in [3.05, 3.63) is 82.3 Å². The van der Waals surface area contributed by atoms with Crippen LogP contribution in [0.5, 0.6) is 11.5 Å². The van der Waals surface area contributed by atoms with E-state index in [1.807, 2.05) is 24.3 Å². The van der Waals surface area contributed by atoms with Crippen molar-refractivity contribution < 1.29 is 19.1 Å². The Morgan fingerprint density at radius 1 is 0.828 bits per heavy atom. The molecule has 1 aliphatic rings. The summed E-state index contributed by atoms with van der Waals surface area (Å²) in [5, 5.41) is 5.69. The van der Waals surface area contributed by atoms with Crippen molar-refractivity contribution in [2.45, 2.75) is 6.42 Å². The molecule has 0 fully saturated rings. The second-order valence-electron chi connectivity index (χ2n) is 6.45. The van der Waals surface area contributed by atoms with Crippen LogP contribution < -0.4 is 20.1 Å². The Labute approximate surface area is 176 Å². The maximum Gasteiger partial charge on any atom is 0.255 e. The molecule has 6 nitrogen and oxygen atoms in total. The Hall–Kier alpha value is -3.32. The lowest BCUT2D eigenvalue weighted by Crippen LogP contribution is -2.14. The van der Waals surface area contributed by atoms with Gasteiger partial charge in [-0.3, -0.25) is 9.59 Å². The molecular formula is C22H17BrN2O4. The van der Waals surface area contributed by atoms with Crippen molar-refractivity contribution in [3.63, 3.8) is 0 Å². The van der Waals surface area contributed by atoms with Gasteiger partial charge in [0.2, 0.25) is 12.7 Å². The number of anilines is 2. The van der Waals surface area contributed by atoms with E-state index >= 15 is 0 Å². The molecule has 2 amide bonds. The lowest BCUT2D eigenvalue weighted by molar-refractivity contribution is -0.115. The van der Waals surface area contributed by atoms with Crippen LogP contribution in [0.25, 0.3) is 0 Å². The molecule has 0 aliphatic carbocycles. The molecule has 146 valence electrons. The predicted octanol–water partition coefficient (Wildman–Crippen LogP) is 4.61. The summed E-state index contributed by atoms with van der Waals surface area (Å²) in [6, 6.07) is 19.6. The van der Waals surface area contributed by atoms with E-state index in [1.54, 1.807) is 42.5 Å². The van der Waals surface area contributed by atoms with Crippen LogP contribution in [0.3, 0.4) is 0 Å². The van der Waals surface area contributed by atoms with Gasteiger partial charge in [-0.05, 0) is 54.1 Å². The lowest BCUT2D eigenvalue weighted by atomic mass is 10.1. The number of hydrogen-bond donors (Lipinski definition) is 2. The maximum atomic E-state index is 12.3. The molecule has 2 N–H and O–H groups in total. The molecule has 29 heavy (non-hydrogen) atoms. The van der Waals surface area contributed by atoms with Crippen molar-refractivity contribution >= 4 is 39.1 Å². The Morgan fingerprint density at radius 3 is 2.28 bits per heavy atom. The summed E-state index contributed by atoms with van der Waals surface area (Å²) in [6.07, 6.45) is 0.218. The van der Waals surface area contributed by atoms with Crippen LogP contribution in [0.15, 0.2) is 71.2 Å². The topological polar surface area (TPSA) is 76.7 Å². The number of hydrogen-bond acceptors (Lipinski definition) is 4. The average Bonchev–Trinajstić information content (AvgIpc) is 3.18. The molecule has 3 aromatic carbocycles. The summed E-state index contributed by atoms with van der Waals surface area (Å²) in [6.45, 7) is 0.192. The van der Waals surface area contributed by atoms with Crippen molar-refractivity contribution in [3.8, 4) is 11.5 Å². The van der Waals surface area contributed by atoms with Crippen LogP contribution in [-0.2, 0) is 11.2 Å². The zero-order valence-electron chi connectivity index (χ0n) is 15.3. The minimum atomic E-state index is -0.189. The van der Waals surface area contributed by atoms with E-state index in [2.05, 4.69) is 26.6 Å². The molecule has 0 spiro atoms. The van der Waals surface area contributed by atoms with Gasteiger partial charge in [0.15, 0.2) is 11.5 Å².